The first kappa shape index (κ1) is 17.4. The Morgan fingerprint density at radius 3 is 2.70 bits per heavy atom. The number of benzene rings is 1. The van der Waals surface area contributed by atoms with Crippen molar-refractivity contribution < 1.29 is 22.4 Å². The Hall–Kier alpha value is -1.93. The minimum absolute atomic E-state index is 0.157. The molecule has 0 saturated carbocycles. The lowest BCUT2D eigenvalue weighted by atomic mass is 10.2. The molecule has 0 unspecified atom stereocenters. The predicted molar refractivity (Wildman–Crippen MR) is 82.5 cm³/mol. The van der Waals surface area contributed by atoms with Gasteiger partial charge in [0.15, 0.2) is 0 Å². The van der Waals surface area contributed by atoms with Gasteiger partial charge in [-0.2, -0.15) is 13.2 Å². The topological polar surface area (TPSA) is 68.3 Å². The zero-order valence-corrected chi connectivity index (χ0v) is 13.1. The Morgan fingerprint density at radius 2 is 2.09 bits per heavy atom. The van der Waals surface area contributed by atoms with Crippen molar-refractivity contribution in [2.75, 3.05) is 11.1 Å². The molecule has 0 aliphatic carbocycles. The summed E-state index contributed by atoms with van der Waals surface area (Å²) in [5.41, 5.74) is 6.83. The number of hydrogen-bond acceptors (Lipinski definition) is 4. The summed E-state index contributed by atoms with van der Waals surface area (Å²) in [7, 11) is 0. The summed E-state index contributed by atoms with van der Waals surface area (Å²) in [5, 5.41) is 2.61. The fourth-order valence-electron chi connectivity index (χ4n) is 1.83. The number of carbonyl (C=O) groups is 1. The molecule has 4 nitrogen and oxygen atoms in total. The first-order valence-corrected chi connectivity index (χ1v) is 7.66. The van der Waals surface area contributed by atoms with E-state index in [9.17, 15) is 18.0 Å². The van der Waals surface area contributed by atoms with E-state index in [1.165, 1.54) is 12.3 Å². The van der Waals surface area contributed by atoms with Gasteiger partial charge in [-0.1, -0.05) is 6.07 Å². The van der Waals surface area contributed by atoms with Gasteiger partial charge < -0.3 is 15.5 Å². The summed E-state index contributed by atoms with van der Waals surface area (Å²) in [6.45, 7) is 1.95. The lowest BCUT2D eigenvalue weighted by Crippen LogP contribution is -2.13. The molecule has 0 bridgehead atoms. The van der Waals surface area contributed by atoms with Crippen LogP contribution in [0.4, 0.5) is 18.9 Å². The van der Waals surface area contributed by atoms with Gasteiger partial charge in [-0.05, 0) is 30.7 Å². The van der Waals surface area contributed by atoms with E-state index in [-0.39, 0.29) is 12.1 Å². The largest absolute Gasteiger partial charge is 0.467 e. The summed E-state index contributed by atoms with van der Waals surface area (Å²) in [5.74, 6) is -1.04. The number of aryl methyl sites for hydroxylation is 1. The molecule has 1 aromatic heterocycles. The fourth-order valence-corrected chi connectivity index (χ4v) is 2.58. The van der Waals surface area contributed by atoms with Crippen LogP contribution in [0.2, 0.25) is 0 Å². The highest BCUT2D eigenvalue weighted by atomic mass is 32.2. The molecular formula is C15H15F3N2O2S. The average Bonchev–Trinajstić information content (AvgIpc) is 2.94. The maximum absolute atomic E-state index is 12.4. The molecular weight excluding hydrogens is 329 g/mol. The number of amides is 1. The van der Waals surface area contributed by atoms with Gasteiger partial charge in [-0.15, -0.1) is 11.8 Å². The smallest absolute Gasteiger partial charge is 0.398 e. The highest BCUT2D eigenvalue weighted by molar-refractivity contribution is 7.99. The van der Waals surface area contributed by atoms with Gasteiger partial charge >= 0.3 is 6.18 Å². The van der Waals surface area contributed by atoms with E-state index in [4.69, 9.17) is 10.2 Å². The van der Waals surface area contributed by atoms with Gasteiger partial charge in [-0.3, -0.25) is 4.79 Å². The van der Waals surface area contributed by atoms with Crippen molar-refractivity contribution in [3.05, 3.63) is 47.4 Å². The minimum Gasteiger partial charge on any atom is -0.467 e. The third-order valence-corrected chi connectivity index (χ3v) is 4.03. The third-order valence-electron chi connectivity index (χ3n) is 2.89. The fraction of sp³-hybridized carbons (Fsp3) is 0.267. The molecule has 0 fully saturated rings. The van der Waals surface area contributed by atoms with Crippen LogP contribution in [-0.4, -0.2) is 17.8 Å². The van der Waals surface area contributed by atoms with Crippen molar-refractivity contribution in [3.63, 3.8) is 0 Å². The molecule has 0 saturated heterocycles. The third kappa shape index (κ3) is 5.04. The van der Waals surface area contributed by atoms with Crippen molar-refractivity contribution in [2.24, 2.45) is 5.73 Å². The van der Waals surface area contributed by atoms with Gasteiger partial charge in [-0.25, -0.2) is 0 Å². The number of thioether (sulfide) groups is 1. The quantitative estimate of drug-likeness (QED) is 0.806. The molecule has 8 heteroatoms. The number of hydrogen-bond donors (Lipinski definition) is 2. The lowest BCUT2D eigenvalue weighted by Gasteiger charge is -2.12. The Bertz CT molecular complexity index is 698. The molecule has 2 rings (SSSR count). The standard InChI is InChI=1S/C15H15F3N2O2S/c1-9-2-3-13(23-8-15(16,17)18)12(4-9)20-14(21)10-5-11(6-19)22-7-10/h2-5,7H,6,8,19H2,1H3,(H,20,21). The van der Waals surface area contributed by atoms with Gasteiger partial charge in [0.1, 0.15) is 12.0 Å². The number of carbonyl (C=O) groups excluding carboxylic acids is 1. The number of halogens is 3. The van der Waals surface area contributed by atoms with Crippen LogP contribution in [0.5, 0.6) is 0 Å². The molecule has 0 radical (unpaired) electrons. The van der Waals surface area contributed by atoms with E-state index in [1.54, 1.807) is 25.1 Å². The summed E-state index contributed by atoms with van der Waals surface area (Å²) in [6.07, 6.45) is -3.02. The molecule has 124 valence electrons. The van der Waals surface area contributed by atoms with Crippen LogP contribution >= 0.6 is 11.8 Å². The van der Waals surface area contributed by atoms with Crippen molar-refractivity contribution in [2.45, 2.75) is 24.5 Å². The van der Waals surface area contributed by atoms with Gasteiger partial charge in [0.2, 0.25) is 0 Å². The van der Waals surface area contributed by atoms with Crippen LogP contribution in [0.25, 0.3) is 0 Å². The second-order valence-corrected chi connectivity index (χ2v) is 5.88. The highest BCUT2D eigenvalue weighted by Gasteiger charge is 2.28. The average molecular weight is 344 g/mol. The number of rotatable bonds is 5. The molecule has 2 aromatic rings. The molecule has 23 heavy (non-hydrogen) atoms. The molecule has 1 aromatic carbocycles. The lowest BCUT2D eigenvalue weighted by molar-refractivity contribution is -0.105. The zero-order chi connectivity index (χ0) is 17.0. The van der Waals surface area contributed by atoms with E-state index < -0.39 is 17.8 Å². The molecule has 0 atom stereocenters. The highest BCUT2D eigenvalue weighted by Crippen LogP contribution is 2.33. The number of anilines is 1. The second kappa shape index (κ2) is 7.10. The molecule has 0 spiro atoms. The molecule has 0 aliphatic rings. The first-order chi connectivity index (χ1) is 10.8. The zero-order valence-electron chi connectivity index (χ0n) is 12.2. The summed E-state index contributed by atoms with van der Waals surface area (Å²) >= 11 is 0.626. The van der Waals surface area contributed by atoms with E-state index in [1.807, 2.05) is 0 Å². The van der Waals surface area contributed by atoms with Crippen LogP contribution in [0.1, 0.15) is 21.7 Å². The maximum atomic E-state index is 12.4. The first-order valence-electron chi connectivity index (χ1n) is 6.67. The normalized spacial score (nSPS) is 11.5. The molecule has 3 N–H and O–H groups in total. The maximum Gasteiger partial charge on any atom is 0.398 e. The Morgan fingerprint density at radius 1 is 1.35 bits per heavy atom. The number of nitrogens with two attached hydrogens (primary N) is 1. The minimum atomic E-state index is -4.28. The number of nitrogens with one attached hydrogen (secondary N) is 1. The van der Waals surface area contributed by atoms with E-state index >= 15 is 0 Å². The molecule has 1 amide bonds. The van der Waals surface area contributed by atoms with Crippen molar-refractivity contribution in [1.82, 2.24) is 0 Å². The van der Waals surface area contributed by atoms with Crippen molar-refractivity contribution in [1.29, 1.82) is 0 Å². The van der Waals surface area contributed by atoms with E-state index in [0.29, 0.717) is 28.1 Å². The van der Waals surface area contributed by atoms with E-state index in [2.05, 4.69) is 5.32 Å². The van der Waals surface area contributed by atoms with Crippen molar-refractivity contribution >= 4 is 23.4 Å². The van der Waals surface area contributed by atoms with Gasteiger partial charge in [0, 0.05) is 4.90 Å². The molecule has 1 heterocycles. The van der Waals surface area contributed by atoms with Crippen LogP contribution in [0.15, 0.2) is 39.8 Å². The summed E-state index contributed by atoms with van der Waals surface area (Å²) < 4.78 is 42.2. The summed E-state index contributed by atoms with van der Waals surface area (Å²) in [6, 6.07) is 6.37. The van der Waals surface area contributed by atoms with Crippen LogP contribution in [0.3, 0.4) is 0 Å². The van der Waals surface area contributed by atoms with Gasteiger partial charge in [0.05, 0.1) is 23.5 Å². The Kier molecular flexibility index (Phi) is 5.38. The SMILES string of the molecule is Cc1ccc(SCC(F)(F)F)c(NC(=O)c2coc(CN)c2)c1. The van der Waals surface area contributed by atoms with Crippen LogP contribution < -0.4 is 11.1 Å². The number of furan rings is 1. The number of alkyl halides is 3. The summed E-state index contributed by atoms with van der Waals surface area (Å²) in [4.78, 5) is 12.5. The van der Waals surface area contributed by atoms with Crippen LogP contribution in [0, 0.1) is 6.92 Å². The van der Waals surface area contributed by atoms with Crippen molar-refractivity contribution in [3.8, 4) is 0 Å². The second-order valence-electron chi connectivity index (χ2n) is 4.86. The predicted octanol–water partition coefficient (Wildman–Crippen LogP) is 3.95. The Labute approximate surface area is 135 Å². The Balaban J connectivity index is 2.17. The van der Waals surface area contributed by atoms with Gasteiger partial charge in [0.25, 0.3) is 5.91 Å². The van der Waals surface area contributed by atoms with Crippen LogP contribution in [-0.2, 0) is 6.54 Å². The monoisotopic (exact) mass is 344 g/mol. The molecule has 0 aliphatic heterocycles. The van der Waals surface area contributed by atoms with E-state index in [0.717, 1.165) is 5.56 Å².